The van der Waals surface area contributed by atoms with E-state index in [9.17, 15) is 4.79 Å². The molecular weight excluding hydrogens is 236 g/mol. The van der Waals surface area contributed by atoms with Gasteiger partial charge < -0.3 is 5.32 Å². The Morgan fingerprint density at radius 1 is 1.47 bits per heavy atom. The van der Waals surface area contributed by atoms with Crippen LogP contribution < -0.4 is 5.32 Å². The summed E-state index contributed by atoms with van der Waals surface area (Å²) in [4.78, 5) is 16.2. The molecule has 0 atom stereocenters. The lowest BCUT2D eigenvalue weighted by Gasteiger charge is -2.02. The largest absolute Gasteiger partial charge is 0.345 e. The first-order valence-corrected chi connectivity index (χ1v) is 6.16. The number of carbonyl (C=O) groups is 1. The number of hydrogen-bond donors (Lipinski definition) is 2. The van der Waals surface area contributed by atoms with Gasteiger partial charge in [-0.25, -0.2) is 4.98 Å². The zero-order valence-electron chi connectivity index (χ0n) is 10.00. The van der Waals surface area contributed by atoms with Gasteiger partial charge in [-0.15, -0.1) is 11.3 Å². The molecule has 6 heteroatoms. The minimum atomic E-state index is -0.110. The van der Waals surface area contributed by atoms with Gasteiger partial charge in [0.25, 0.3) is 5.91 Å². The first-order chi connectivity index (χ1) is 8.08. The fourth-order valence-corrected chi connectivity index (χ4v) is 2.33. The predicted molar refractivity (Wildman–Crippen MR) is 66.1 cm³/mol. The van der Waals surface area contributed by atoms with E-state index in [1.165, 1.54) is 0 Å². The first-order valence-electron chi connectivity index (χ1n) is 5.28. The van der Waals surface area contributed by atoms with Gasteiger partial charge in [-0.1, -0.05) is 0 Å². The van der Waals surface area contributed by atoms with Crippen molar-refractivity contribution in [2.24, 2.45) is 0 Å². The number of aromatic nitrogens is 3. The molecule has 0 unspecified atom stereocenters. The van der Waals surface area contributed by atoms with E-state index in [4.69, 9.17) is 0 Å². The molecule has 90 valence electrons. The fourth-order valence-electron chi connectivity index (χ4n) is 1.61. The second-order valence-electron chi connectivity index (χ2n) is 3.87. The Morgan fingerprint density at radius 3 is 2.76 bits per heavy atom. The summed E-state index contributed by atoms with van der Waals surface area (Å²) in [6.07, 6.45) is 0. The Labute approximate surface area is 103 Å². The van der Waals surface area contributed by atoms with Crippen LogP contribution in [0.2, 0.25) is 0 Å². The smallest absolute Gasteiger partial charge is 0.255 e. The number of amides is 1. The van der Waals surface area contributed by atoms with Gasteiger partial charge in [-0.3, -0.25) is 9.89 Å². The summed E-state index contributed by atoms with van der Waals surface area (Å²) in [5.41, 5.74) is 3.11. The van der Waals surface area contributed by atoms with Crippen molar-refractivity contribution in [3.63, 3.8) is 0 Å². The average molecular weight is 250 g/mol. The number of nitrogens with zero attached hydrogens (tertiary/aromatic N) is 2. The minimum absolute atomic E-state index is 0.110. The summed E-state index contributed by atoms with van der Waals surface area (Å²) in [7, 11) is 0. The topological polar surface area (TPSA) is 70.7 Å². The van der Waals surface area contributed by atoms with Crippen LogP contribution in [0.1, 0.15) is 32.4 Å². The molecule has 0 radical (unpaired) electrons. The molecule has 1 amide bonds. The summed E-state index contributed by atoms with van der Waals surface area (Å²) in [6, 6.07) is 0. The van der Waals surface area contributed by atoms with Crippen molar-refractivity contribution in [1.29, 1.82) is 0 Å². The van der Waals surface area contributed by atoms with Gasteiger partial charge in [-0.05, 0) is 20.8 Å². The monoisotopic (exact) mass is 250 g/mol. The summed E-state index contributed by atoms with van der Waals surface area (Å²) in [6.45, 7) is 6.04. The summed E-state index contributed by atoms with van der Waals surface area (Å²) in [5.74, 6) is -0.110. The molecule has 0 aliphatic rings. The molecule has 2 rings (SSSR count). The molecule has 2 aromatic heterocycles. The van der Waals surface area contributed by atoms with Gasteiger partial charge in [0.15, 0.2) is 0 Å². The number of aromatic amines is 1. The van der Waals surface area contributed by atoms with E-state index in [1.54, 1.807) is 11.3 Å². The molecule has 0 aliphatic heterocycles. The Kier molecular flexibility index (Phi) is 3.23. The SMILES string of the molecule is Cc1csc(CNC(=O)c2c(C)n[nH]c2C)n1. The Balaban J connectivity index is 2.03. The number of carbonyl (C=O) groups excluding carboxylic acids is 1. The van der Waals surface area contributed by atoms with E-state index in [0.717, 1.165) is 22.1 Å². The standard InChI is InChI=1S/C11H14N4OS/c1-6-5-17-9(13-6)4-12-11(16)10-7(2)14-15-8(10)3/h5H,4H2,1-3H3,(H,12,16)(H,14,15). The van der Waals surface area contributed by atoms with Gasteiger partial charge >= 0.3 is 0 Å². The summed E-state index contributed by atoms with van der Waals surface area (Å²) < 4.78 is 0. The Morgan fingerprint density at radius 2 is 2.24 bits per heavy atom. The maximum absolute atomic E-state index is 11.9. The van der Waals surface area contributed by atoms with Crippen LogP contribution in [0, 0.1) is 20.8 Å². The number of nitrogens with one attached hydrogen (secondary N) is 2. The zero-order chi connectivity index (χ0) is 12.4. The van der Waals surface area contributed by atoms with Gasteiger partial charge in [0.05, 0.1) is 17.8 Å². The molecule has 17 heavy (non-hydrogen) atoms. The third-order valence-electron chi connectivity index (χ3n) is 2.42. The molecule has 0 spiro atoms. The molecule has 0 aliphatic carbocycles. The van der Waals surface area contributed by atoms with Crippen molar-refractivity contribution < 1.29 is 4.79 Å². The highest BCUT2D eigenvalue weighted by Crippen LogP contribution is 2.11. The van der Waals surface area contributed by atoms with Crippen LogP contribution in [0.25, 0.3) is 0 Å². The molecule has 0 bridgehead atoms. The third kappa shape index (κ3) is 2.52. The van der Waals surface area contributed by atoms with Gasteiger partial charge in [0, 0.05) is 16.8 Å². The highest BCUT2D eigenvalue weighted by molar-refractivity contribution is 7.09. The van der Waals surface area contributed by atoms with Crippen molar-refractivity contribution in [3.05, 3.63) is 33.0 Å². The van der Waals surface area contributed by atoms with E-state index < -0.39 is 0 Å². The van der Waals surface area contributed by atoms with E-state index in [2.05, 4.69) is 20.5 Å². The first kappa shape index (κ1) is 11.8. The van der Waals surface area contributed by atoms with Gasteiger partial charge in [0.2, 0.25) is 0 Å². The van der Waals surface area contributed by atoms with Crippen molar-refractivity contribution in [2.75, 3.05) is 0 Å². The highest BCUT2D eigenvalue weighted by Gasteiger charge is 2.14. The van der Waals surface area contributed by atoms with Crippen LogP contribution in [0.15, 0.2) is 5.38 Å². The average Bonchev–Trinajstić information content (AvgIpc) is 2.83. The second kappa shape index (κ2) is 4.67. The lowest BCUT2D eigenvalue weighted by Crippen LogP contribution is -2.23. The minimum Gasteiger partial charge on any atom is -0.345 e. The molecule has 2 aromatic rings. The number of hydrogen-bond acceptors (Lipinski definition) is 4. The molecule has 5 nitrogen and oxygen atoms in total. The van der Waals surface area contributed by atoms with Crippen molar-refractivity contribution in [1.82, 2.24) is 20.5 Å². The normalized spacial score (nSPS) is 10.5. The van der Waals surface area contributed by atoms with Crippen LogP contribution in [-0.4, -0.2) is 21.1 Å². The quantitative estimate of drug-likeness (QED) is 0.871. The Bertz CT molecular complexity index is 524. The van der Waals surface area contributed by atoms with Gasteiger partial charge in [0.1, 0.15) is 5.01 Å². The summed E-state index contributed by atoms with van der Waals surface area (Å²) in [5, 5.41) is 12.5. The molecule has 0 saturated carbocycles. The number of thiazole rings is 1. The van der Waals surface area contributed by atoms with E-state index in [1.807, 2.05) is 26.2 Å². The lowest BCUT2D eigenvalue weighted by atomic mass is 10.2. The van der Waals surface area contributed by atoms with E-state index in [-0.39, 0.29) is 5.91 Å². The van der Waals surface area contributed by atoms with Crippen molar-refractivity contribution in [2.45, 2.75) is 27.3 Å². The number of rotatable bonds is 3. The van der Waals surface area contributed by atoms with Crippen LogP contribution >= 0.6 is 11.3 Å². The number of H-pyrrole nitrogens is 1. The van der Waals surface area contributed by atoms with Crippen molar-refractivity contribution >= 4 is 17.2 Å². The van der Waals surface area contributed by atoms with Gasteiger partial charge in [-0.2, -0.15) is 5.10 Å². The molecular formula is C11H14N4OS. The predicted octanol–water partition coefficient (Wildman–Crippen LogP) is 1.72. The third-order valence-corrected chi connectivity index (χ3v) is 3.39. The van der Waals surface area contributed by atoms with Crippen molar-refractivity contribution in [3.8, 4) is 0 Å². The second-order valence-corrected chi connectivity index (χ2v) is 4.82. The highest BCUT2D eigenvalue weighted by atomic mass is 32.1. The van der Waals surface area contributed by atoms with Crippen LogP contribution in [-0.2, 0) is 6.54 Å². The molecule has 0 fully saturated rings. The zero-order valence-corrected chi connectivity index (χ0v) is 10.8. The molecule has 0 aromatic carbocycles. The lowest BCUT2D eigenvalue weighted by molar-refractivity contribution is 0.0949. The van der Waals surface area contributed by atoms with Crippen LogP contribution in [0.3, 0.4) is 0 Å². The summed E-state index contributed by atoms with van der Waals surface area (Å²) >= 11 is 1.55. The van der Waals surface area contributed by atoms with Crippen LogP contribution in [0.4, 0.5) is 0 Å². The number of aryl methyl sites for hydroxylation is 3. The molecule has 2 N–H and O–H groups in total. The molecule has 2 heterocycles. The maximum Gasteiger partial charge on any atom is 0.255 e. The fraction of sp³-hybridized carbons (Fsp3) is 0.364. The van der Waals surface area contributed by atoms with Crippen LogP contribution in [0.5, 0.6) is 0 Å². The van der Waals surface area contributed by atoms with E-state index in [0.29, 0.717) is 12.1 Å². The Hall–Kier alpha value is -1.69. The maximum atomic E-state index is 11.9. The van der Waals surface area contributed by atoms with E-state index >= 15 is 0 Å². The molecule has 0 saturated heterocycles.